The normalized spacial score (nSPS) is 53.1. The van der Waals surface area contributed by atoms with Crippen molar-refractivity contribution in [1.29, 1.82) is 0 Å². The van der Waals surface area contributed by atoms with E-state index in [0.29, 0.717) is 36.0 Å². The van der Waals surface area contributed by atoms with Gasteiger partial charge in [0, 0.05) is 11.8 Å². The molecule has 0 saturated heterocycles. The molecule has 4 heteroatoms. The fourth-order valence-electron chi connectivity index (χ4n) is 9.87. The van der Waals surface area contributed by atoms with E-state index in [1.54, 1.807) is 0 Å². The minimum Gasteiger partial charge on any atom is -0.393 e. The molecule has 4 nitrogen and oxygen atoms in total. The Hall–Kier alpha value is -0.420. The zero-order valence-electron chi connectivity index (χ0n) is 23.0. The molecule has 0 heterocycles. The number of fused-ring (bicyclic) bond motifs is 5. The van der Waals surface area contributed by atoms with Crippen LogP contribution in [0.25, 0.3) is 0 Å². The van der Waals surface area contributed by atoms with Crippen LogP contribution >= 0.6 is 0 Å². The van der Waals surface area contributed by atoms with Crippen LogP contribution in [0.2, 0.25) is 0 Å². The monoisotopic (exact) mass is 476 g/mol. The van der Waals surface area contributed by atoms with Crippen LogP contribution in [-0.2, 0) is 0 Å². The maximum atomic E-state index is 12.5. The van der Waals surface area contributed by atoms with E-state index >= 15 is 0 Å². The number of aliphatic hydroxyl groups excluding tert-OH is 3. The average Bonchev–Trinajstić information content (AvgIpc) is 3.09. The maximum absolute atomic E-state index is 12.5. The van der Waals surface area contributed by atoms with Gasteiger partial charge < -0.3 is 20.4 Å². The Kier molecular flexibility index (Phi) is 6.94. The van der Waals surface area contributed by atoms with Crippen molar-refractivity contribution in [3.63, 3.8) is 0 Å². The first-order valence-corrected chi connectivity index (χ1v) is 14.2. The van der Waals surface area contributed by atoms with Gasteiger partial charge in [-0.15, -0.1) is 0 Å². The third-order valence-electron chi connectivity index (χ3n) is 12.4. The highest BCUT2D eigenvalue weighted by Crippen LogP contribution is 2.70. The molecule has 4 rings (SSSR count). The predicted octanol–water partition coefficient (Wildman–Crippen LogP) is 5.18. The molecule has 34 heavy (non-hydrogen) atoms. The van der Waals surface area contributed by atoms with Crippen LogP contribution in [0.4, 0.5) is 0 Å². The lowest BCUT2D eigenvalue weighted by molar-refractivity contribution is -0.316. The first-order valence-electron chi connectivity index (χ1n) is 14.2. The zero-order chi connectivity index (χ0) is 25.4. The van der Waals surface area contributed by atoms with Gasteiger partial charge in [0.25, 0.3) is 0 Å². The molecule has 4 N–H and O–H groups in total. The number of rotatable bonds is 4. The molecular formula is C30H52O4. The van der Waals surface area contributed by atoms with Crippen molar-refractivity contribution >= 4 is 0 Å². The summed E-state index contributed by atoms with van der Waals surface area (Å²) >= 11 is 0. The Morgan fingerprint density at radius 2 is 1.47 bits per heavy atom. The summed E-state index contributed by atoms with van der Waals surface area (Å²) in [4.78, 5) is 0. The zero-order valence-corrected chi connectivity index (χ0v) is 23.0. The number of hydrogen-bond donors (Lipinski definition) is 4. The van der Waals surface area contributed by atoms with Gasteiger partial charge >= 0.3 is 0 Å². The third kappa shape index (κ3) is 3.52. The summed E-state index contributed by atoms with van der Waals surface area (Å²) in [6.45, 7) is 18.0. The molecule has 0 aromatic rings. The van der Waals surface area contributed by atoms with Crippen molar-refractivity contribution in [3.05, 3.63) is 11.6 Å². The smallest absolute Gasteiger partial charge is 0.102 e. The van der Waals surface area contributed by atoms with Gasteiger partial charge in [-0.2, -0.15) is 0 Å². The van der Waals surface area contributed by atoms with Crippen LogP contribution < -0.4 is 0 Å². The van der Waals surface area contributed by atoms with Gasteiger partial charge in [-0.05, 0) is 91.8 Å². The first kappa shape index (κ1) is 26.6. The summed E-state index contributed by atoms with van der Waals surface area (Å²) < 4.78 is 0. The Morgan fingerprint density at radius 3 is 2.09 bits per heavy atom. The van der Waals surface area contributed by atoms with Crippen molar-refractivity contribution in [2.24, 2.45) is 58.2 Å². The lowest BCUT2D eigenvalue weighted by Crippen LogP contribution is -2.75. The van der Waals surface area contributed by atoms with Gasteiger partial charge in [0.15, 0.2) is 0 Å². The summed E-state index contributed by atoms with van der Waals surface area (Å²) in [5.41, 5.74) is -0.637. The van der Waals surface area contributed by atoms with E-state index in [-0.39, 0.29) is 29.6 Å². The molecule has 0 unspecified atom stereocenters. The van der Waals surface area contributed by atoms with Crippen LogP contribution in [0.5, 0.6) is 0 Å². The highest BCUT2D eigenvalue weighted by molar-refractivity contribution is 5.23. The minimum atomic E-state index is -1.30. The van der Waals surface area contributed by atoms with Crippen LogP contribution in [0.3, 0.4) is 0 Å². The standard InChI is InChI=1S/C30H52O4/c1-16(2)19(5)17(3)13-18(4)21-9-11-23-24-12-10-22-20(6)25(31)14-26(32)29(22,8)30(24,34)27(33)15-28(21,23)7/h13,16,18-27,31-34H,9-12,14-15H2,1-8H3/b17-13+/t18-,19-,20+,21-,22+,23+,24+,25+,26+,27-,28-,29-,30+/m1/s1. The van der Waals surface area contributed by atoms with Crippen LogP contribution in [0, 0.1) is 58.2 Å². The molecule has 0 radical (unpaired) electrons. The molecule has 4 aliphatic carbocycles. The largest absolute Gasteiger partial charge is 0.393 e. The molecule has 196 valence electrons. The molecule has 0 amide bonds. The number of aliphatic hydroxyl groups is 4. The van der Waals surface area contributed by atoms with Crippen LogP contribution in [0.1, 0.15) is 93.9 Å². The molecule has 0 bridgehead atoms. The van der Waals surface area contributed by atoms with E-state index in [1.165, 1.54) is 5.57 Å². The molecule has 4 fully saturated rings. The molecule has 4 aliphatic rings. The maximum Gasteiger partial charge on any atom is 0.102 e. The average molecular weight is 477 g/mol. The van der Waals surface area contributed by atoms with Gasteiger partial charge in [-0.3, -0.25) is 0 Å². The quantitative estimate of drug-likeness (QED) is 0.421. The lowest BCUT2D eigenvalue weighted by atomic mass is 9.39. The molecule has 4 saturated carbocycles. The van der Waals surface area contributed by atoms with Crippen molar-refractivity contribution in [2.75, 3.05) is 0 Å². The highest BCUT2D eigenvalue weighted by atomic mass is 16.3. The van der Waals surface area contributed by atoms with Crippen LogP contribution in [0.15, 0.2) is 11.6 Å². The van der Waals surface area contributed by atoms with Crippen LogP contribution in [-0.4, -0.2) is 44.3 Å². The van der Waals surface area contributed by atoms with Gasteiger partial charge in [-0.1, -0.05) is 60.1 Å². The Labute approximate surface area is 208 Å². The lowest BCUT2D eigenvalue weighted by Gasteiger charge is -2.68. The highest BCUT2D eigenvalue weighted by Gasteiger charge is 2.73. The SMILES string of the molecule is C/C(=C\[C@@H](C)[C@H]1CC[C@H]2[C@@H]3CC[C@H]4[C@H](C)[C@@H](O)C[C@H](O)[C@]4(C)[C@@]3(O)[C@H](O)C[C@]12C)[C@H](C)C(C)C. The van der Waals surface area contributed by atoms with E-state index < -0.39 is 29.3 Å². The second kappa shape index (κ2) is 8.85. The second-order valence-electron chi connectivity index (χ2n) is 13.9. The Balaban J connectivity index is 1.66. The van der Waals surface area contributed by atoms with E-state index in [1.807, 2.05) is 6.92 Å². The summed E-state index contributed by atoms with van der Waals surface area (Å²) in [5.74, 6) is 2.52. The fourth-order valence-corrected chi connectivity index (χ4v) is 9.87. The summed E-state index contributed by atoms with van der Waals surface area (Å²) in [6.07, 6.45) is 5.19. The fraction of sp³-hybridized carbons (Fsp3) is 0.933. The van der Waals surface area contributed by atoms with Gasteiger partial charge in [-0.25, -0.2) is 0 Å². The first-order chi connectivity index (χ1) is 15.7. The number of hydrogen-bond acceptors (Lipinski definition) is 4. The van der Waals surface area contributed by atoms with Crippen molar-refractivity contribution < 1.29 is 20.4 Å². The summed E-state index contributed by atoms with van der Waals surface area (Å²) in [5, 5.41) is 46.0. The van der Waals surface area contributed by atoms with E-state index in [9.17, 15) is 20.4 Å². The molecule has 13 atom stereocenters. The van der Waals surface area contributed by atoms with Gasteiger partial charge in [0.1, 0.15) is 5.60 Å². The molecule has 0 aromatic heterocycles. The van der Waals surface area contributed by atoms with E-state index in [4.69, 9.17) is 0 Å². The van der Waals surface area contributed by atoms with E-state index in [0.717, 1.165) is 25.7 Å². The van der Waals surface area contributed by atoms with Crippen molar-refractivity contribution in [2.45, 2.75) is 118 Å². The second-order valence-corrected chi connectivity index (χ2v) is 13.9. The van der Waals surface area contributed by atoms with E-state index in [2.05, 4.69) is 54.5 Å². The molecule has 0 aromatic carbocycles. The predicted molar refractivity (Wildman–Crippen MR) is 137 cm³/mol. The number of allylic oxidation sites excluding steroid dienone is 2. The van der Waals surface area contributed by atoms with Gasteiger partial charge in [0.05, 0.1) is 18.3 Å². The van der Waals surface area contributed by atoms with Crippen molar-refractivity contribution in [1.82, 2.24) is 0 Å². The molecule has 0 aliphatic heterocycles. The molecule has 0 spiro atoms. The topological polar surface area (TPSA) is 80.9 Å². The summed E-state index contributed by atoms with van der Waals surface area (Å²) in [7, 11) is 0. The Bertz CT molecular complexity index is 793. The summed E-state index contributed by atoms with van der Waals surface area (Å²) in [6, 6.07) is 0. The van der Waals surface area contributed by atoms with Crippen molar-refractivity contribution in [3.8, 4) is 0 Å². The third-order valence-corrected chi connectivity index (χ3v) is 12.4. The van der Waals surface area contributed by atoms with Gasteiger partial charge in [0.2, 0.25) is 0 Å². The minimum absolute atomic E-state index is 0.00328. The molecular weight excluding hydrogens is 424 g/mol. The Morgan fingerprint density at radius 1 is 0.882 bits per heavy atom.